The number of benzene rings is 1. The van der Waals surface area contributed by atoms with Gasteiger partial charge in [0.15, 0.2) is 0 Å². The molecular formula is C15H23NO2. The molecule has 0 radical (unpaired) electrons. The van der Waals surface area contributed by atoms with Crippen LogP contribution in [0.3, 0.4) is 0 Å². The van der Waals surface area contributed by atoms with Gasteiger partial charge in [0, 0.05) is 5.92 Å². The normalized spacial score (nSPS) is 18.5. The Bertz CT molecular complexity index is 344. The van der Waals surface area contributed by atoms with E-state index in [1.54, 1.807) is 24.3 Å². The van der Waals surface area contributed by atoms with Gasteiger partial charge in [-0.05, 0) is 36.7 Å². The molecule has 1 aromatic carbocycles. The van der Waals surface area contributed by atoms with E-state index >= 15 is 0 Å². The third-order valence-electron chi connectivity index (χ3n) is 3.92. The molecule has 1 unspecified atom stereocenters. The van der Waals surface area contributed by atoms with Crippen LogP contribution in [-0.4, -0.2) is 18.3 Å². The molecule has 1 fully saturated rings. The minimum absolute atomic E-state index is 0.269. The van der Waals surface area contributed by atoms with Gasteiger partial charge in [0.05, 0.1) is 6.61 Å². The first-order valence-electron chi connectivity index (χ1n) is 6.91. The molecular weight excluding hydrogens is 226 g/mol. The number of phenolic OH excluding ortho intramolecular Hbond substituents is 1. The molecule has 1 aliphatic carbocycles. The average Bonchev–Trinajstić information content (AvgIpc) is 2.43. The SMILES string of the molecule is NCC(COc1ccc(O)cc1)C1CCCCC1. The largest absolute Gasteiger partial charge is 0.508 e. The van der Waals surface area contributed by atoms with Gasteiger partial charge in [-0.3, -0.25) is 0 Å². The van der Waals surface area contributed by atoms with Crippen LogP contribution in [0.15, 0.2) is 24.3 Å². The quantitative estimate of drug-likeness (QED) is 0.843. The topological polar surface area (TPSA) is 55.5 Å². The highest BCUT2D eigenvalue weighted by Gasteiger charge is 2.23. The number of hydrogen-bond donors (Lipinski definition) is 2. The molecule has 1 aliphatic rings. The van der Waals surface area contributed by atoms with Gasteiger partial charge in [-0.15, -0.1) is 0 Å². The summed E-state index contributed by atoms with van der Waals surface area (Å²) in [4.78, 5) is 0. The summed E-state index contributed by atoms with van der Waals surface area (Å²) in [5.41, 5.74) is 5.87. The number of nitrogens with two attached hydrogens (primary N) is 1. The Labute approximate surface area is 109 Å². The summed E-state index contributed by atoms with van der Waals surface area (Å²) in [5, 5.41) is 9.21. The molecule has 0 bridgehead atoms. The van der Waals surface area contributed by atoms with Crippen molar-refractivity contribution in [3.63, 3.8) is 0 Å². The summed E-state index contributed by atoms with van der Waals surface area (Å²) in [5.74, 6) is 2.26. The van der Waals surface area contributed by atoms with Crippen molar-refractivity contribution in [2.75, 3.05) is 13.2 Å². The Morgan fingerprint density at radius 1 is 1.17 bits per heavy atom. The van der Waals surface area contributed by atoms with Crippen LogP contribution in [-0.2, 0) is 0 Å². The van der Waals surface area contributed by atoms with Crippen molar-refractivity contribution in [1.29, 1.82) is 0 Å². The molecule has 0 spiro atoms. The molecule has 0 saturated heterocycles. The van der Waals surface area contributed by atoms with E-state index in [0.717, 1.165) is 11.7 Å². The van der Waals surface area contributed by atoms with Gasteiger partial charge in [0.2, 0.25) is 0 Å². The number of rotatable bonds is 5. The van der Waals surface area contributed by atoms with Gasteiger partial charge < -0.3 is 15.6 Å². The Hall–Kier alpha value is -1.22. The van der Waals surface area contributed by atoms with Gasteiger partial charge in [-0.2, -0.15) is 0 Å². The molecule has 0 amide bonds. The highest BCUT2D eigenvalue weighted by molar-refractivity contribution is 5.30. The van der Waals surface area contributed by atoms with Crippen LogP contribution in [0.5, 0.6) is 11.5 Å². The van der Waals surface area contributed by atoms with E-state index in [-0.39, 0.29) is 5.75 Å². The summed E-state index contributed by atoms with van der Waals surface area (Å²) >= 11 is 0. The third kappa shape index (κ3) is 3.64. The molecule has 0 heterocycles. The summed E-state index contributed by atoms with van der Waals surface area (Å²) in [7, 11) is 0. The van der Waals surface area contributed by atoms with Crippen LogP contribution in [0.4, 0.5) is 0 Å². The van der Waals surface area contributed by atoms with E-state index < -0.39 is 0 Å². The smallest absolute Gasteiger partial charge is 0.119 e. The van der Waals surface area contributed by atoms with Crippen LogP contribution in [0.25, 0.3) is 0 Å². The standard InChI is InChI=1S/C15H23NO2/c16-10-13(12-4-2-1-3-5-12)11-18-15-8-6-14(17)7-9-15/h6-9,12-13,17H,1-5,10-11,16H2. The molecule has 3 N–H and O–H groups in total. The van der Waals surface area contributed by atoms with Gasteiger partial charge in [-0.1, -0.05) is 32.1 Å². The summed E-state index contributed by atoms with van der Waals surface area (Å²) in [6.45, 7) is 1.38. The molecule has 1 atom stereocenters. The Balaban J connectivity index is 1.84. The van der Waals surface area contributed by atoms with Gasteiger partial charge in [0.1, 0.15) is 11.5 Å². The second kappa shape index (κ2) is 6.64. The molecule has 0 aromatic heterocycles. The first-order chi connectivity index (χ1) is 8.79. The van der Waals surface area contributed by atoms with Crippen molar-refractivity contribution in [2.45, 2.75) is 32.1 Å². The first kappa shape index (κ1) is 13.2. The van der Waals surface area contributed by atoms with E-state index in [4.69, 9.17) is 10.5 Å². The maximum atomic E-state index is 9.21. The summed E-state index contributed by atoms with van der Waals surface area (Å²) < 4.78 is 5.78. The van der Waals surface area contributed by atoms with E-state index in [2.05, 4.69) is 0 Å². The molecule has 0 aliphatic heterocycles. The van der Waals surface area contributed by atoms with Crippen LogP contribution >= 0.6 is 0 Å². The van der Waals surface area contributed by atoms with E-state index in [1.165, 1.54) is 32.1 Å². The van der Waals surface area contributed by atoms with E-state index in [1.807, 2.05) is 0 Å². The first-order valence-corrected chi connectivity index (χ1v) is 6.91. The Kier molecular flexibility index (Phi) is 4.88. The van der Waals surface area contributed by atoms with Gasteiger partial charge >= 0.3 is 0 Å². The van der Waals surface area contributed by atoms with Crippen LogP contribution < -0.4 is 10.5 Å². The third-order valence-corrected chi connectivity index (χ3v) is 3.92. The number of aromatic hydroxyl groups is 1. The number of hydrogen-bond acceptors (Lipinski definition) is 3. The average molecular weight is 249 g/mol. The predicted octanol–water partition coefficient (Wildman–Crippen LogP) is 2.93. The van der Waals surface area contributed by atoms with E-state index in [0.29, 0.717) is 19.1 Å². The van der Waals surface area contributed by atoms with Crippen molar-refractivity contribution in [3.8, 4) is 11.5 Å². The van der Waals surface area contributed by atoms with Crippen molar-refractivity contribution in [1.82, 2.24) is 0 Å². The molecule has 1 aromatic rings. The van der Waals surface area contributed by atoms with Gasteiger partial charge in [-0.25, -0.2) is 0 Å². The number of phenols is 1. The van der Waals surface area contributed by atoms with Crippen molar-refractivity contribution < 1.29 is 9.84 Å². The van der Waals surface area contributed by atoms with Crippen molar-refractivity contribution >= 4 is 0 Å². The summed E-state index contributed by atoms with van der Waals surface area (Å²) in [6.07, 6.45) is 6.62. The minimum Gasteiger partial charge on any atom is -0.508 e. The zero-order valence-electron chi connectivity index (χ0n) is 10.8. The molecule has 1 saturated carbocycles. The van der Waals surface area contributed by atoms with Gasteiger partial charge in [0.25, 0.3) is 0 Å². The fourth-order valence-corrected chi connectivity index (χ4v) is 2.75. The Morgan fingerprint density at radius 2 is 1.83 bits per heavy atom. The van der Waals surface area contributed by atoms with Crippen LogP contribution in [0, 0.1) is 11.8 Å². The monoisotopic (exact) mass is 249 g/mol. The van der Waals surface area contributed by atoms with Crippen molar-refractivity contribution in [2.24, 2.45) is 17.6 Å². The zero-order valence-corrected chi connectivity index (χ0v) is 10.8. The fourth-order valence-electron chi connectivity index (χ4n) is 2.75. The van der Waals surface area contributed by atoms with Crippen molar-refractivity contribution in [3.05, 3.63) is 24.3 Å². The molecule has 3 nitrogen and oxygen atoms in total. The van der Waals surface area contributed by atoms with Crippen LogP contribution in [0.1, 0.15) is 32.1 Å². The lowest BCUT2D eigenvalue weighted by molar-refractivity contribution is 0.167. The molecule has 3 heteroatoms. The maximum absolute atomic E-state index is 9.21. The number of ether oxygens (including phenoxy) is 1. The maximum Gasteiger partial charge on any atom is 0.119 e. The lowest BCUT2D eigenvalue weighted by Gasteiger charge is -2.29. The van der Waals surface area contributed by atoms with Crippen LogP contribution in [0.2, 0.25) is 0 Å². The summed E-state index contributed by atoms with van der Waals surface area (Å²) in [6, 6.07) is 6.88. The lowest BCUT2D eigenvalue weighted by Crippen LogP contribution is -2.30. The van der Waals surface area contributed by atoms with E-state index in [9.17, 15) is 5.11 Å². The second-order valence-corrected chi connectivity index (χ2v) is 5.20. The highest BCUT2D eigenvalue weighted by atomic mass is 16.5. The zero-order chi connectivity index (χ0) is 12.8. The highest BCUT2D eigenvalue weighted by Crippen LogP contribution is 2.30. The molecule has 2 rings (SSSR count). The lowest BCUT2D eigenvalue weighted by atomic mass is 9.80. The molecule has 18 heavy (non-hydrogen) atoms. The predicted molar refractivity (Wildman–Crippen MR) is 72.7 cm³/mol. The molecule has 100 valence electrons. The second-order valence-electron chi connectivity index (χ2n) is 5.20. The fraction of sp³-hybridized carbons (Fsp3) is 0.600. The Morgan fingerprint density at radius 3 is 2.44 bits per heavy atom. The minimum atomic E-state index is 0.269.